The summed E-state index contributed by atoms with van der Waals surface area (Å²) >= 11 is 0. The Morgan fingerprint density at radius 2 is 1.72 bits per heavy atom. The molecule has 0 spiro atoms. The van der Waals surface area contributed by atoms with Crippen molar-refractivity contribution in [2.45, 2.75) is 26.2 Å². The monoisotopic (exact) mass is 390 g/mol. The van der Waals surface area contributed by atoms with Gasteiger partial charge in [0.05, 0.1) is 11.8 Å². The highest BCUT2D eigenvalue weighted by Crippen LogP contribution is 2.23. The number of benzene rings is 2. The number of carbonyl (C=O) groups is 2. The maximum Gasteiger partial charge on any atom is 0.335 e. The lowest BCUT2D eigenvalue weighted by atomic mass is 9.87. The fraction of sp³-hybridized carbons (Fsp3) is 0.174. The third-order valence-electron chi connectivity index (χ3n) is 4.39. The van der Waals surface area contributed by atoms with Crippen LogP contribution in [-0.4, -0.2) is 23.2 Å². The molecule has 1 heterocycles. The van der Waals surface area contributed by atoms with E-state index in [-0.39, 0.29) is 16.9 Å². The van der Waals surface area contributed by atoms with Gasteiger partial charge in [-0.1, -0.05) is 45.0 Å². The SMILES string of the molecule is CC(C)(C)c1ccc(C(=O)N/N=C\c2ccc(-c3cccc(C(=O)O)c3)o2)cc1. The van der Waals surface area contributed by atoms with E-state index >= 15 is 0 Å². The highest BCUT2D eigenvalue weighted by molar-refractivity contribution is 5.94. The molecule has 6 nitrogen and oxygen atoms in total. The Hall–Kier alpha value is -3.67. The van der Waals surface area contributed by atoms with Crippen LogP contribution >= 0.6 is 0 Å². The van der Waals surface area contributed by atoms with Crippen LogP contribution in [0, 0.1) is 0 Å². The number of carboxylic acid groups (broad SMARTS) is 1. The first kappa shape index (κ1) is 20.1. The van der Waals surface area contributed by atoms with Gasteiger partial charge in [-0.2, -0.15) is 5.10 Å². The molecule has 3 rings (SSSR count). The van der Waals surface area contributed by atoms with Crippen LogP contribution in [0.4, 0.5) is 0 Å². The van der Waals surface area contributed by atoms with Crippen LogP contribution in [-0.2, 0) is 5.41 Å². The van der Waals surface area contributed by atoms with Gasteiger partial charge < -0.3 is 9.52 Å². The van der Waals surface area contributed by atoms with Gasteiger partial charge in [0.1, 0.15) is 11.5 Å². The Morgan fingerprint density at radius 3 is 2.38 bits per heavy atom. The summed E-state index contributed by atoms with van der Waals surface area (Å²) < 4.78 is 5.65. The first-order valence-electron chi connectivity index (χ1n) is 9.11. The van der Waals surface area contributed by atoms with E-state index in [2.05, 4.69) is 31.3 Å². The summed E-state index contributed by atoms with van der Waals surface area (Å²) in [6.07, 6.45) is 1.39. The molecule has 0 atom stereocenters. The molecule has 0 saturated heterocycles. The summed E-state index contributed by atoms with van der Waals surface area (Å²) in [6, 6.07) is 17.3. The number of nitrogens with one attached hydrogen (secondary N) is 1. The molecule has 1 amide bonds. The Labute approximate surface area is 168 Å². The van der Waals surface area contributed by atoms with E-state index in [1.807, 2.05) is 12.1 Å². The van der Waals surface area contributed by atoms with E-state index in [9.17, 15) is 9.59 Å². The molecule has 0 aliphatic heterocycles. The molecule has 6 heteroatoms. The van der Waals surface area contributed by atoms with Gasteiger partial charge in [0.2, 0.25) is 0 Å². The predicted octanol–water partition coefficient (Wildman–Crippen LogP) is 4.71. The van der Waals surface area contributed by atoms with Gasteiger partial charge in [0, 0.05) is 11.1 Å². The van der Waals surface area contributed by atoms with Crippen LogP contribution in [0.2, 0.25) is 0 Å². The topological polar surface area (TPSA) is 91.9 Å². The molecule has 0 aliphatic rings. The van der Waals surface area contributed by atoms with Crippen molar-refractivity contribution in [1.82, 2.24) is 5.43 Å². The number of hydrogen-bond acceptors (Lipinski definition) is 4. The average molecular weight is 390 g/mol. The average Bonchev–Trinajstić information content (AvgIpc) is 3.16. The highest BCUT2D eigenvalue weighted by atomic mass is 16.4. The highest BCUT2D eigenvalue weighted by Gasteiger charge is 2.14. The third kappa shape index (κ3) is 4.99. The molecule has 0 saturated carbocycles. The second kappa shape index (κ2) is 8.14. The molecular formula is C23H22N2O4. The van der Waals surface area contributed by atoms with Crippen molar-refractivity contribution in [2.24, 2.45) is 5.10 Å². The molecule has 0 aliphatic carbocycles. The van der Waals surface area contributed by atoms with Gasteiger partial charge in [-0.3, -0.25) is 4.79 Å². The quantitative estimate of drug-likeness (QED) is 0.488. The van der Waals surface area contributed by atoms with Gasteiger partial charge >= 0.3 is 5.97 Å². The predicted molar refractivity (Wildman–Crippen MR) is 111 cm³/mol. The van der Waals surface area contributed by atoms with Gasteiger partial charge in [-0.05, 0) is 47.4 Å². The smallest absolute Gasteiger partial charge is 0.335 e. The number of hydrazone groups is 1. The molecule has 3 aromatic rings. The van der Waals surface area contributed by atoms with E-state index in [1.54, 1.807) is 36.4 Å². The summed E-state index contributed by atoms with van der Waals surface area (Å²) in [7, 11) is 0. The van der Waals surface area contributed by atoms with Crippen LogP contribution in [0.5, 0.6) is 0 Å². The zero-order valence-electron chi connectivity index (χ0n) is 16.5. The van der Waals surface area contributed by atoms with Crippen LogP contribution in [0.25, 0.3) is 11.3 Å². The minimum atomic E-state index is -1.00. The first-order chi connectivity index (χ1) is 13.7. The van der Waals surface area contributed by atoms with Crippen LogP contribution in [0.15, 0.2) is 70.2 Å². The number of carbonyl (C=O) groups excluding carboxylic acids is 1. The molecule has 2 aromatic carbocycles. The van der Waals surface area contributed by atoms with E-state index in [0.29, 0.717) is 22.6 Å². The molecular weight excluding hydrogens is 368 g/mol. The Bertz CT molecular complexity index is 1060. The van der Waals surface area contributed by atoms with Crippen molar-refractivity contribution in [3.05, 3.63) is 83.1 Å². The summed E-state index contributed by atoms with van der Waals surface area (Å²) in [5.74, 6) is -0.371. The second-order valence-electron chi connectivity index (χ2n) is 7.61. The normalized spacial score (nSPS) is 11.6. The number of hydrogen-bond donors (Lipinski definition) is 2. The molecule has 0 bridgehead atoms. The fourth-order valence-corrected chi connectivity index (χ4v) is 2.72. The number of rotatable bonds is 5. The molecule has 0 radical (unpaired) electrons. The minimum absolute atomic E-state index is 0.0220. The van der Waals surface area contributed by atoms with E-state index in [1.165, 1.54) is 18.3 Å². The summed E-state index contributed by atoms with van der Waals surface area (Å²) in [4.78, 5) is 23.3. The molecule has 0 fully saturated rings. The van der Waals surface area contributed by atoms with Crippen molar-refractivity contribution < 1.29 is 19.1 Å². The van der Waals surface area contributed by atoms with Crippen molar-refractivity contribution in [3.63, 3.8) is 0 Å². The lowest BCUT2D eigenvalue weighted by molar-refractivity contribution is 0.0696. The van der Waals surface area contributed by atoms with Crippen molar-refractivity contribution in [2.75, 3.05) is 0 Å². The van der Waals surface area contributed by atoms with Crippen molar-refractivity contribution in [1.29, 1.82) is 0 Å². The lowest BCUT2D eigenvalue weighted by Crippen LogP contribution is -2.18. The maximum atomic E-state index is 12.2. The zero-order valence-corrected chi connectivity index (χ0v) is 16.5. The maximum absolute atomic E-state index is 12.2. The Morgan fingerprint density at radius 1 is 1.00 bits per heavy atom. The van der Waals surface area contributed by atoms with E-state index in [4.69, 9.17) is 9.52 Å². The second-order valence-corrected chi connectivity index (χ2v) is 7.61. The van der Waals surface area contributed by atoms with Gasteiger partial charge in [-0.15, -0.1) is 0 Å². The molecule has 2 N–H and O–H groups in total. The van der Waals surface area contributed by atoms with Crippen LogP contribution in [0.3, 0.4) is 0 Å². The standard InChI is InChI=1S/C23H22N2O4/c1-23(2,3)18-9-7-15(8-10-18)21(26)25-24-14-19-11-12-20(29-19)16-5-4-6-17(13-16)22(27)28/h4-14H,1-3H3,(H,25,26)(H,27,28)/b24-14-. The number of amides is 1. The zero-order chi connectivity index (χ0) is 21.0. The minimum Gasteiger partial charge on any atom is -0.478 e. The largest absolute Gasteiger partial charge is 0.478 e. The van der Waals surface area contributed by atoms with Gasteiger partial charge in [0.15, 0.2) is 0 Å². The lowest BCUT2D eigenvalue weighted by Gasteiger charge is -2.18. The Kier molecular flexibility index (Phi) is 5.64. The molecule has 0 unspecified atom stereocenters. The molecule has 148 valence electrons. The Balaban J connectivity index is 1.65. The number of furan rings is 1. The molecule has 1 aromatic heterocycles. The fourth-order valence-electron chi connectivity index (χ4n) is 2.72. The summed E-state index contributed by atoms with van der Waals surface area (Å²) in [5, 5.41) is 13.0. The molecule has 29 heavy (non-hydrogen) atoms. The van der Waals surface area contributed by atoms with Gasteiger partial charge in [-0.25, -0.2) is 10.2 Å². The summed E-state index contributed by atoms with van der Waals surface area (Å²) in [6.45, 7) is 6.34. The van der Waals surface area contributed by atoms with Crippen molar-refractivity contribution in [3.8, 4) is 11.3 Å². The van der Waals surface area contributed by atoms with E-state index in [0.717, 1.165) is 5.56 Å². The van der Waals surface area contributed by atoms with E-state index < -0.39 is 5.97 Å². The van der Waals surface area contributed by atoms with Gasteiger partial charge in [0.25, 0.3) is 5.91 Å². The van der Waals surface area contributed by atoms with Crippen LogP contribution in [0.1, 0.15) is 52.8 Å². The summed E-state index contributed by atoms with van der Waals surface area (Å²) in [5.41, 5.74) is 4.98. The first-order valence-corrected chi connectivity index (χ1v) is 9.11. The number of nitrogens with zero attached hydrogens (tertiary/aromatic N) is 1. The van der Waals surface area contributed by atoms with Crippen molar-refractivity contribution >= 4 is 18.1 Å². The number of aromatic carboxylic acids is 1. The third-order valence-corrected chi connectivity index (χ3v) is 4.39. The van der Waals surface area contributed by atoms with Crippen LogP contribution < -0.4 is 5.43 Å². The number of carboxylic acids is 1.